The number of benzene rings is 1. The average Bonchev–Trinajstić information content (AvgIpc) is 3.07. The Balaban J connectivity index is 1.27. The van der Waals surface area contributed by atoms with Crippen molar-refractivity contribution in [2.24, 2.45) is 0 Å². The van der Waals surface area contributed by atoms with Crippen molar-refractivity contribution in [3.8, 4) is 11.5 Å². The summed E-state index contributed by atoms with van der Waals surface area (Å²) < 4.78 is 13.3. The van der Waals surface area contributed by atoms with Gasteiger partial charge in [0.25, 0.3) is 5.91 Å². The average molecular weight is 423 g/mol. The van der Waals surface area contributed by atoms with Gasteiger partial charge in [-0.1, -0.05) is 0 Å². The summed E-state index contributed by atoms with van der Waals surface area (Å²) in [4.78, 5) is 21.5. The number of hydrogen-bond acceptors (Lipinski definition) is 5. The molecule has 0 saturated carbocycles. The normalized spacial score (nSPS) is 14.7. The third kappa shape index (κ3) is 4.99. The van der Waals surface area contributed by atoms with Gasteiger partial charge in [-0.05, 0) is 62.7 Å². The lowest BCUT2D eigenvalue weighted by Gasteiger charge is -2.34. The van der Waals surface area contributed by atoms with Crippen LogP contribution in [0, 0.1) is 13.8 Å². The second-order valence-corrected chi connectivity index (χ2v) is 7.93. The zero-order chi connectivity index (χ0) is 21.8. The first-order valence-electron chi connectivity index (χ1n) is 10.8. The summed E-state index contributed by atoms with van der Waals surface area (Å²) in [5, 5.41) is 0. The first-order valence-corrected chi connectivity index (χ1v) is 10.8. The Kier molecular flexibility index (Phi) is 6.42. The third-order valence-electron chi connectivity index (χ3n) is 5.68. The summed E-state index contributed by atoms with van der Waals surface area (Å²) in [5.74, 6) is 1.50. The number of amides is 1. The number of pyridine rings is 1. The SMILES string of the molecule is CCOc1ccc(OCC(=O)N2CCN(Cc3c(C)nc4cc(C)ccn34)CC2)cc1. The van der Waals surface area contributed by atoms with E-state index in [0.717, 1.165) is 36.7 Å². The molecule has 0 bridgehead atoms. The molecule has 0 N–H and O–H groups in total. The Hall–Kier alpha value is -3.06. The van der Waals surface area contributed by atoms with Crippen molar-refractivity contribution in [2.75, 3.05) is 39.4 Å². The molecule has 1 fully saturated rings. The predicted molar refractivity (Wildman–Crippen MR) is 120 cm³/mol. The number of aryl methyl sites for hydroxylation is 2. The summed E-state index contributed by atoms with van der Waals surface area (Å²) >= 11 is 0. The molecule has 1 aliphatic rings. The van der Waals surface area contributed by atoms with E-state index in [4.69, 9.17) is 14.5 Å². The van der Waals surface area contributed by atoms with Crippen LogP contribution in [-0.4, -0.2) is 64.5 Å². The number of aromatic nitrogens is 2. The molecule has 3 heterocycles. The molecule has 2 aromatic heterocycles. The Morgan fingerprint density at radius 3 is 2.35 bits per heavy atom. The number of fused-ring (bicyclic) bond motifs is 1. The number of carbonyl (C=O) groups is 1. The Bertz CT molecular complexity index is 1040. The lowest BCUT2D eigenvalue weighted by atomic mass is 10.2. The van der Waals surface area contributed by atoms with E-state index in [-0.39, 0.29) is 12.5 Å². The van der Waals surface area contributed by atoms with Crippen molar-refractivity contribution < 1.29 is 14.3 Å². The van der Waals surface area contributed by atoms with Crippen LogP contribution in [0.5, 0.6) is 11.5 Å². The third-order valence-corrected chi connectivity index (χ3v) is 5.68. The van der Waals surface area contributed by atoms with Crippen molar-refractivity contribution in [1.29, 1.82) is 0 Å². The molecule has 0 aliphatic carbocycles. The van der Waals surface area contributed by atoms with Crippen LogP contribution in [0.4, 0.5) is 0 Å². The molecule has 4 rings (SSSR count). The zero-order valence-electron chi connectivity index (χ0n) is 18.5. The van der Waals surface area contributed by atoms with Gasteiger partial charge in [0, 0.05) is 38.9 Å². The largest absolute Gasteiger partial charge is 0.494 e. The molecule has 0 atom stereocenters. The number of ether oxygens (including phenoxy) is 2. The van der Waals surface area contributed by atoms with Gasteiger partial charge in [-0.25, -0.2) is 4.98 Å². The fourth-order valence-electron chi connectivity index (χ4n) is 3.91. The van der Waals surface area contributed by atoms with Gasteiger partial charge in [0.15, 0.2) is 6.61 Å². The summed E-state index contributed by atoms with van der Waals surface area (Å²) in [6.45, 7) is 10.7. The minimum Gasteiger partial charge on any atom is -0.494 e. The maximum Gasteiger partial charge on any atom is 0.260 e. The van der Waals surface area contributed by atoms with E-state index in [1.54, 1.807) is 0 Å². The lowest BCUT2D eigenvalue weighted by Crippen LogP contribution is -2.49. The standard InChI is InChI=1S/C24H30N4O3/c1-4-30-20-5-7-21(8-6-20)31-17-24(29)27-13-11-26(12-14-27)16-22-19(3)25-23-15-18(2)9-10-28(22)23/h5-10,15H,4,11-14,16-17H2,1-3H3. The summed E-state index contributed by atoms with van der Waals surface area (Å²) in [6.07, 6.45) is 2.10. The summed E-state index contributed by atoms with van der Waals surface area (Å²) in [5.41, 5.74) is 4.48. The Labute approximate surface area is 183 Å². The highest BCUT2D eigenvalue weighted by molar-refractivity contribution is 5.77. The molecule has 1 aromatic carbocycles. The van der Waals surface area contributed by atoms with Gasteiger partial charge in [0.2, 0.25) is 0 Å². The van der Waals surface area contributed by atoms with Crippen molar-refractivity contribution in [1.82, 2.24) is 19.2 Å². The van der Waals surface area contributed by atoms with Crippen LogP contribution in [0.15, 0.2) is 42.6 Å². The fourth-order valence-corrected chi connectivity index (χ4v) is 3.91. The Morgan fingerprint density at radius 2 is 1.68 bits per heavy atom. The maximum atomic E-state index is 12.6. The van der Waals surface area contributed by atoms with Gasteiger partial charge >= 0.3 is 0 Å². The molecule has 7 heteroatoms. The topological polar surface area (TPSA) is 59.3 Å². The van der Waals surface area contributed by atoms with Gasteiger partial charge < -0.3 is 18.8 Å². The summed E-state index contributed by atoms with van der Waals surface area (Å²) in [6, 6.07) is 11.6. The zero-order valence-corrected chi connectivity index (χ0v) is 18.5. The van der Waals surface area contributed by atoms with Crippen molar-refractivity contribution >= 4 is 11.6 Å². The van der Waals surface area contributed by atoms with Crippen LogP contribution in [-0.2, 0) is 11.3 Å². The molecule has 3 aromatic rings. The van der Waals surface area contributed by atoms with Crippen molar-refractivity contribution in [3.05, 3.63) is 59.5 Å². The first kappa shape index (κ1) is 21.2. The second kappa shape index (κ2) is 9.39. The molecule has 0 unspecified atom stereocenters. The second-order valence-electron chi connectivity index (χ2n) is 7.93. The number of rotatable bonds is 7. The van der Waals surface area contributed by atoms with E-state index in [9.17, 15) is 4.79 Å². The van der Waals surface area contributed by atoms with Crippen LogP contribution in [0.2, 0.25) is 0 Å². The molecule has 1 aliphatic heterocycles. The van der Waals surface area contributed by atoms with E-state index in [2.05, 4.69) is 41.5 Å². The predicted octanol–water partition coefficient (Wildman–Crippen LogP) is 3.07. The quantitative estimate of drug-likeness (QED) is 0.586. The molecule has 31 heavy (non-hydrogen) atoms. The highest BCUT2D eigenvalue weighted by Crippen LogP contribution is 2.19. The van der Waals surface area contributed by atoms with Crippen LogP contribution < -0.4 is 9.47 Å². The highest BCUT2D eigenvalue weighted by atomic mass is 16.5. The number of hydrogen-bond donors (Lipinski definition) is 0. The van der Waals surface area contributed by atoms with Crippen molar-refractivity contribution in [3.63, 3.8) is 0 Å². The maximum absolute atomic E-state index is 12.6. The van der Waals surface area contributed by atoms with Crippen LogP contribution >= 0.6 is 0 Å². The van der Waals surface area contributed by atoms with E-state index >= 15 is 0 Å². The number of nitrogens with zero attached hydrogens (tertiary/aromatic N) is 4. The van der Waals surface area contributed by atoms with Gasteiger partial charge in [-0.3, -0.25) is 9.69 Å². The minimum atomic E-state index is 0.0231. The number of carbonyl (C=O) groups excluding carboxylic acids is 1. The highest BCUT2D eigenvalue weighted by Gasteiger charge is 2.23. The number of imidazole rings is 1. The molecular weight excluding hydrogens is 392 g/mol. The van der Waals surface area contributed by atoms with Gasteiger partial charge in [0.1, 0.15) is 17.1 Å². The monoisotopic (exact) mass is 422 g/mol. The first-order chi connectivity index (χ1) is 15.0. The molecule has 0 spiro atoms. The summed E-state index contributed by atoms with van der Waals surface area (Å²) in [7, 11) is 0. The molecule has 7 nitrogen and oxygen atoms in total. The molecule has 164 valence electrons. The van der Waals surface area contributed by atoms with Crippen LogP contribution in [0.1, 0.15) is 23.9 Å². The van der Waals surface area contributed by atoms with Crippen molar-refractivity contribution in [2.45, 2.75) is 27.3 Å². The number of piperazine rings is 1. The lowest BCUT2D eigenvalue weighted by molar-refractivity contribution is -0.135. The van der Waals surface area contributed by atoms with E-state index in [0.29, 0.717) is 25.4 Å². The van der Waals surface area contributed by atoms with Gasteiger partial charge in [-0.15, -0.1) is 0 Å². The Morgan fingerprint density at radius 1 is 1.00 bits per heavy atom. The molecule has 0 radical (unpaired) electrons. The van der Waals surface area contributed by atoms with Crippen LogP contribution in [0.25, 0.3) is 5.65 Å². The molecular formula is C24H30N4O3. The van der Waals surface area contributed by atoms with Gasteiger partial charge in [0.05, 0.1) is 18.0 Å². The van der Waals surface area contributed by atoms with E-state index < -0.39 is 0 Å². The van der Waals surface area contributed by atoms with Gasteiger partial charge in [-0.2, -0.15) is 0 Å². The smallest absolute Gasteiger partial charge is 0.260 e. The minimum absolute atomic E-state index is 0.0231. The van der Waals surface area contributed by atoms with E-state index in [1.807, 2.05) is 36.1 Å². The molecule has 1 amide bonds. The molecule has 1 saturated heterocycles. The van der Waals surface area contributed by atoms with Crippen LogP contribution in [0.3, 0.4) is 0 Å². The van der Waals surface area contributed by atoms with E-state index in [1.165, 1.54) is 11.3 Å². The fraction of sp³-hybridized carbons (Fsp3) is 0.417.